The largest absolute Gasteiger partial charge is 0.329 e. The van der Waals surface area contributed by atoms with Gasteiger partial charge in [-0.15, -0.1) is 0 Å². The summed E-state index contributed by atoms with van der Waals surface area (Å²) in [7, 11) is 0. The van der Waals surface area contributed by atoms with Gasteiger partial charge in [-0.1, -0.05) is 45.4 Å². The van der Waals surface area contributed by atoms with Gasteiger partial charge in [-0.3, -0.25) is 9.59 Å². The van der Waals surface area contributed by atoms with Gasteiger partial charge in [0.1, 0.15) is 0 Å². The van der Waals surface area contributed by atoms with Gasteiger partial charge in [-0.2, -0.15) is 0 Å². The van der Waals surface area contributed by atoms with Gasteiger partial charge in [0.15, 0.2) is 0 Å². The highest BCUT2D eigenvalue weighted by Gasteiger charge is 2.20. The maximum absolute atomic E-state index is 12.0. The first-order valence-electron chi connectivity index (χ1n) is 10.0. The third-order valence-corrected chi connectivity index (χ3v) is 5.23. The highest BCUT2D eigenvalue weighted by atomic mass is 16.2. The second-order valence-corrected chi connectivity index (χ2v) is 7.45. The molecule has 3 N–H and O–H groups in total. The lowest BCUT2D eigenvalue weighted by molar-refractivity contribution is -0.120. The van der Waals surface area contributed by atoms with Crippen LogP contribution in [-0.2, 0) is 9.59 Å². The molecule has 3 rings (SSSR count). The molecule has 2 aliphatic rings. The van der Waals surface area contributed by atoms with E-state index in [1.54, 1.807) is 24.3 Å². The Morgan fingerprint density at radius 1 is 0.962 bits per heavy atom. The molecule has 2 fully saturated rings. The summed E-state index contributed by atoms with van der Waals surface area (Å²) >= 11 is 0. The molecule has 144 valence electrons. The van der Waals surface area contributed by atoms with Crippen LogP contribution in [0.25, 0.3) is 0 Å². The number of carbonyl (C=O) groups is 2. The molecule has 1 aromatic rings. The Kier molecular flexibility index (Phi) is 9.18. The van der Waals surface area contributed by atoms with E-state index < -0.39 is 0 Å². The zero-order valence-electron chi connectivity index (χ0n) is 15.9. The Hall–Kier alpha value is -1.88. The van der Waals surface area contributed by atoms with Crippen LogP contribution in [0.15, 0.2) is 24.3 Å². The number of nitrogens with one attached hydrogen (secondary N) is 3. The third-order valence-electron chi connectivity index (χ3n) is 5.23. The van der Waals surface area contributed by atoms with E-state index in [1.165, 1.54) is 38.5 Å². The van der Waals surface area contributed by atoms with Crippen LogP contribution in [0.2, 0.25) is 0 Å². The Morgan fingerprint density at radius 2 is 1.54 bits per heavy atom. The SMILES string of the molecule is CC1CCCCCC1.O=CNc1ccc(NC(=O)C2CCNCC2)cc1. The molecule has 1 aliphatic carbocycles. The van der Waals surface area contributed by atoms with Crippen LogP contribution in [0.5, 0.6) is 0 Å². The van der Waals surface area contributed by atoms with Crippen molar-refractivity contribution in [3.05, 3.63) is 24.3 Å². The van der Waals surface area contributed by atoms with E-state index in [0.717, 1.165) is 37.5 Å². The Labute approximate surface area is 157 Å². The van der Waals surface area contributed by atoms with Crippen LogP contribution in [-0.4, -0.2) is 25.4 Å². The molecule has 26 heavy (non-hydrogen) atoms. The van der Waals surface area contributed by atoms with Crippen molar-refractivity contribution in [2.24, 2.45) is 11.8 Å². The van der Waals surface area contributed by atoms with E-state index in [9.17, 15) is 9.59 Å². The van der Waals surface area contributed by atoms with Crippen molar-refractivity contribution in [2.75, 3.05) is 23.7 Å². The number of amides is 2. The van der Waals surface area contributed by atoms with Gasteiger partial charge in [0.25, 0.3) is 0 Å². The molecule has 0 bridgehead atoms. The number of hydrogen-bond acceptors (Lipinski definition) is 3. The second kappa shape index (κ2) is 11.7. The number of piperidine rings is 1. The standard InChI is InChI=1S/C13H17N3O2.C8H16/c17-9-15-11-1-3-12(4-2-11)16-13(18)10-5-7-14-8-6-10;1-8-6-4-2-3-5-7-8/h1-4,9-10,14H,5-8H2,(H,15,17)(H,16,18);8H,2-7H2,1H3. The highest BCUT2D eigenvalue weighted by Crippen LogP contribution is 2.21. The molecule has 5 heteroatoms. The lowest BCUT2D eigenvalue weighted by atomic mass is 9.97. The maximum atomic E-state index is 12.0. The zero-order valence-corrected chi connectivity index (χ0v) is 15.9. The van der Waals surface area contributed by atoms with Crippen LogP contribution in [0.3, 0.4) is 0 Å². The number of benzene rings is 1. The van der Waals surface area contributed by atoms with Gasteiger partial charge < -0.3 is 16.0 Å². The fraction of sp³-hybridized carbons (Fsp3) is 0.619. The van der Waals surface area contributed by atoms with Crippen LogP contribution in [0, 0.1) is 11.8 Å². The highest BCUT2D eigenvalue weighted by molar-refractivity contribution is 5.92. The number of carbonyl (C=O) groups excluding carboxylic acids is 2. The summed E-state index contributed by atoms with van der Waals surface area (Å²) in [5, 5.41) is 8.68. The number of hydrogen-bond donors (Lipinski definition) is 3. The third kappa shape index (κ3) is 7.56. The van der Waals surface area contributed by atoms with Gasteiger partial charge >= 0.3 is 0 Å². The van der Waals surface area contributed by atoms with E-state index in [4.69, 9.17) is 0 Å². The lowest BCUT2D eigenvalue weighted by Gasteiger charge is -2.21. The summed E-state index contributed by atoms with van der Waals surface area (Å²) in [6.07, 6.45) is 11.3. The summed E-state index contributed by atoms with van der Waals surface area (Å²) < 4.78 is 0. The van der Waals surface area contributed by atoms with Gasteiger partial charge in [0.2, 0.25) is 12.3 Å². The van der Waals surface area contributed by atoms with Crippen LogP contribution in [0.4, 0.5) is 11.4 Å². The monoisotopic (exact) mass is 359 g/mol. The Bertz CT molecular complexity index is 531. The number of anilines is 2. The molecule has 0 radical (unpaired) electrons. The normalized spacial score (nSPS) is 18.8. The second-order valence-electron chi connectivity index (χ2n) is 7.45. The average molecular weight is 360 g/mol. The molecule has 1 aliphatic heterocycles. The van der Waals surface area contributed by atoms with Crippen molar-refractivity contribution in [3.8, 4) is 0 Å². The first kappa shape index (κ1) is 20.4. The first-order valence-corrected chi connectivity index (χ1v) is 10.0. The van der Waals surface area contributed by atoms with Crippen LogP contribution < -0.4 is 16.0 Å². The van der Waals surface area contributed by atoms with Gasteiger partial charge in [-0.05, 0) is 56.1 Å². The molecule has 5 nitrogen and oxygen atoms in total. The van der Waals surface area contributed by atoms with Gasteiger partial charge in [-0.25, -0.2) is 0 Å². The van der Waals surface area contributed by atoms with Crippen LogP contribution in [0.1, 0.15) is 58.3 Å². The summed E-state index contributed by atoms with van der Waals surface area (Å²) in [6, 6.07) is 7.08. The Balaban J connectivity index is 0.000000254. The minimum atomic E-state index is 0.0765. The minimum absolute atomic E-state index is 0.0765. The van der Waals surface area contributed by atoms with E-state index in [-0.39, 0.29) is 11.8 Å². The summed E-state index contributed by atoms with van der Waals surface area (Å²) in [6.45, 7) is 4.19. The maximum Gasteiger partial charge on any atom is 0.227 e. The lowest BCUT2D eigenvalue weighted by Crippen LogP contribution is -2.34. The summed E-state index contributed by atoms with van der Waals surface area (Å²) in [5.74, 6) is 1.20. The van der Waals surface area contributed by atoms with Gasteiger partial charge in [0, 0.05) is 17.3 Å². The predicted molar refractivity (Wildman–Crippen MR) is 107 cm³/mol. The fourth-order valence-electron chi connectivity index (χ4n) is 3.53. The minimum Gasteiger partial charge on any atom is -0.329 e. The van der Waals surface area contributed by atoms with E-state index in [1.807, 2.05) is 0 Å². The molecule has 0 aromatic heterocycles. The molecule has 1 saturated heterocycles. The van der Waals surface area contributed by atoms with Crippen molar-refractivity contribution in [1.29, 1.82) is 0 Å². The number of rotatable bonds is 4. The van der Waals surface area contributed by atoms with E-state index >= 15 is 0 Å². The van der Waals surface area contributed by atoms with E-state index in [2.05, 4.69) is 22.9 Å². The molecule has 0 atom stereocenters. The molecule has 1 saturated carbocycles. The topological polar surface area (TPSA) is 70.2 Å². The van der Waals surface area contributed by atoms with Crippen molar-refractivity contribution < 1.29 is 9.59 Å². The molecular weight excluding hydrogens is 326 g/mol. The van der Waals surface area contributed by atoms with Crippen LogP contribution >= 0.6 is 0 Å². The van der Waals surface area contributed by atoms with Crippen molar-refractivity contribution in [2.45, 2.75) is 58.3 Å². The van der Waals surface area contributed by atoms with Crippen molar-refractivity contribution in [3.63, 3.8) is 0 Å². The quantitative estimate of drug-likeness (QED) is 0.558. The molecule has 1 heterocycles. The summed E-state index contributed by atoms with van der Waals surface area (Å²) in [5.41, 5.74) is 1.47. The molecule has 1 aromatic carbocycles. The summed E-state index contributed by atoms with van der Waals surface area (Å²) in [4.78, 5) is 22.2. The molecular formula is C21H33N3O2. The predicted octanol–water partition coefficient (Wildman–Crippen LogP) is 4.17. The van der Waals surface area contributed by atoms with E-state index in [0.29, 0.717) is 12.1 Å². The van der Waals surface area contributed by atoms with Crippen molar-refractivity contribution in [1.82, 2.24) is 5.32 Å². The molecule has 0 spiro atoms. The van der Waals surface area contributed by atoms with Gasteiger partial charge in [0.05, 0.1) is 0 Å². The average Bonchev–Trinajstić information content (AvgIpc) is 2.92. The molecule has 2 amide bonds. The van der Waals surface area contributed by atoms with Crippen molar-refractivity contribution >= 4 is 23.7 Å². The first-order chi connectivity index (χ1) is 12.7. The fourth-order valence-corrected chi connectivity index (χ4v) is 3.53. The zero-order chi connectivity index (χ0) is 18.6. The molecule has 0 unspecified atom stereocenters. The Morgan fingerprint density at radius 3 is 2.12 bits per heavy atom. The smallest absolute Gasteiger partial charge is 0.227 e.